The van der Waals surface area contributed by atoms with Crippen molar-refractivity contribution in [2.24, 2.45) is 0 Å². The monoisotopic (exact) mass is 235 g/mol. The van der Waals surface area contributed by atoms with Crippen molar-refractivity contribution in [2.75, 3.05) is 45.9 Å². The zero-order valence-corrected chi connectivity index (χ0v) is 9.50. The first-order valence-electron chi connectivity index (χ1n) is 5.14. The summed E-state index contributed by atoms with van der Waals surface area (Å²) < 4.78 is 0. The first kappa shape index (κ1) is 12.7. The Hall–Kier alpha value is -0.360. The predicted octanol–water partition coefficient (Wildman–Crippen LogP) is -1.48. The molecule has 2 aliphatic rings. The van der Waals surface area contributed by atoms with Gasteiger partial charge >= 0.3 is 0 Å². The van der Waals surface area contributed by atoms with Crippen LogP contribution in [0.5, 0.6) is 0 Å². The minimum absolute atomic E-state index is 0. The van der Waals surface area contributed by atoms with E-state index >= 15 is 0 Å². The fourth-order valence-corrected chi connectivity index (χ4v) is 1.93. The largest absolute Gasteiger partial charge is 0.395 e. The van der Waals surface area contributed by atoms with E-state index in [0.717, 1.165) is 26.2 Å². The zero-order chi connectivity index (χ0) is 9.97. The molecule has 2 rings (SSSR count). The van der Waals surface area contributed by atoms with Crippen LogP contribution in [0.3, 0.4) is 0 Å². The number of nitrogens with one attached hydrogen (secondary N) is 1. The number of rotatable bonds is 3. The molecule has 6 heteroatoms. The molecule has 0 aliphatic carbocycles. The summed E-state index contributed by atoms with van der Waals surface area (Å²) in [5.41, 5.74) is 0. The number of β-amino-alcohol motifs (C(OH)–C–C–N with tert-alkyl or cyclic N) is 1. The summed E-state index contributed by atoms with van der Waals surface area (Å²) in [4.78, 5) is 15.6. The van der Waals surface area contributed by atoms with Gasteiger partial charge in [-0.05, 0) is 0 Å². The second kappa shape index (κ2) is 5.65. The van der Waals surface area contributed by atoms with Crippen LogP contribution in [0.25, 0.3) is 0 Å². The molecule has 0 saturated carbocycles. The Labute approximate surface area is 95.8 Å². The van der Waals surface area contributed by atoms with E-state index < -0.39 is 0 Å². The number of carbonyl (C=O) groups is 1. The molecule has 15 heavy (non-hydrogen) atoms. The highest BCUT2D eigenvalue weighted by molar-refractivity contribution is 5.85. The van der Waals surface area contributed by atoms with Crippen molar-refractivity contribution in [3.05, 3.63) is 0 Å². The van der Waals surface area contributed by atoms with Crippen molar-refractivity contribution < 1.29 is 9.90 Å². The molecule has 0 atom stereocenters. The first-order chi connectivity index (χ1) is 6.81. The molecule has 0 spiro atoms. The Kier molecular flexibility index (Phi) is 4.79. The minimum Gasteiger partial charge on any atom is -0.395 e. The van der Waals surface area contributed by atoms with Gasteiger partial charge < -0.3 is 15.3 Å². The van der Waals surface area contributed by atoms with Gasteiger partial charge in [-0.1, -0.05) is 0 Å². The molecule has 5 nitrogen and oxygen atoms in total. The molecule has 2 fully saturated rings. The molecule has 0 aromatic rings. The summed E-state index contributed by atoms with van der Waals surface area (Å²) in [6, 6.07) is 0.551. The number of halogens is 1. The minimum atomic E-state index is 0. The van der Waals surface area contributed by atoms with Crippen LogP contribution < -0.4 is 5.32 Å². The van der Waals surface area contributed by atoms with E-state index in [4.69, 9.17) is 5.11 Å². The van der Waals surface area contributed by atoms with Crippen molar-refractivity contribution in [3.63, 3.8) is 0 Å². The van der Waals surface area contributed by atoms with E-state index in [1.54, 1.807) is 4.90 Å². The molecule has 2 N–H and O–H groups in total. The third-order valence-electron chi connectivity index (χ3n) is 2.99. The molecule has 88 valence electrons. The normalized spacial score (nSPS) is 23.5. The number of hydrogen-bond donors (Lipinski definition) is 2. The predicted molar refractivity (Wildman–Crippen MR) is 59.1 cm³/mol. The third kappa shape index (κ3) is 2.81. The number of piperazine rings is 1. The molecule has 0 aromatic heterocycles. The Morgan fingerprint density at radius 3 is 2.60 bits per heavy atom. The van der Waals surface area contributed by atoms with Gasteiger partial charge in [0.15, 0.2) is 0 Å². The summed E-state index contributed by atoms with van der Waals surface area (Å²) in [5, 5.41) is 12.0. The number of nitrogens with zero attached hydrogens (tertiary/aromatic N) is 2. The molecule has 0 aromatic carbocycles. The van der Waals surface area contributed by atoms with Gasteiger partial charge in [-0.15, -0.1) is 12.4 Å². The molecule has 2 saturated heterocycles. The maximum Gasteiger partial charge on any atom is 0.236 e. The van der Waals surface area contributed by atoms with Crippen LogP contribution in [0.4, 0.5) is 0 Å². The van der Waals surface area contributed by atoms with Crippen LogP contribution in [-0.4, -0.2) is 72.7 Å². The molecular formula is C9H18ClN3O2. The summed E-state index contributed by atoms with van der Waals surface area (Å²) in [7, 11) is 0. The molecule has 2 aliphatic heterocycles. The number of amides is 1. The number of aliphatic hydroxyl groups excluding tert-OH is 1. The molecule has 2 heterocycles. The number of carbonyl (C=O) groups excluding carboxylic acids is 1. The van der Waals surface area contributed by atoms with Crippen LogP contribution >= 0.6 is 12.4 Å². The van der Waals surface area contributed by atoms with E-state index in [0.29, 0.717) is 19.1 Å². The Morgan fingerprint density at radius 1 is 1.40 bits per heavy atom. The van der Waals surface area contributed by atoms with Gasteiger partial charge in [0, 0.05) is 38.8 Å². The summed E-state index contributed by atoms with van der Waals surface area (Å²) in [6.45, 7) is 4.78. The molecule has 0 bridgehead atoms. The average Bonchev–Trinajstić information content (AvgIpc) is 2.07. The van der Waals surface area contributed by atoms with Gasteiger partial charge in [0.05, 0.1) is 13.2 Å². The fraction of sp³-hybridized carbons (Fsp3) is 0.889. The van der Waals surface area contributed by atoms with Crippen LogP contribution in [0.15, 0.2) is 0 Å². The van der Waals surface area contributed by atoms with Crippen molar-refractivity contribution in [1.29, 1.82) is 0 Å². The lowest BCUT2D eigenvalue weighted by atomic mass is 10.1. The van der Waals surface area contributed by atoms with Gasteiger partial charge in [-0.3, -0.25) is 9.69 Å². The Bertz CT molecular complexity index is 223. The number of aliphatic hydroxyl groups is 1. The SMILES string of the molecule is Cl.O=C1CN(C2CNC2)CCN1CCO. The lowest BCUT2D eigenvalue weighted by Crippen LogP contribution is -2.63. The van der Waals surface area contributed by atoms with E-state index in [1.807, 2.05) is 0 Å². The lowest BCUT2D eigenvalue weighted by molar-refractivity contribution is -0.138. The van der Waals surface area contributed by atoms with Gasteiger partial charge in [0.1, 0.15) is 0 Å². The lowest BCUT2D eigenvalue weighted by Gasteiger charge is -2.42. The summed E-state index contributed by atoms with van der Waals surface area (Å²) in [6.07, 6.45) is 0. The van der Waals surface area contributed by atoms with Gasteiger partial charge in [-0.25, -0.2) is 0 Å². The highest BCUT2D eigenvalue weighted by Crippen LogP contribution is 2.10. The van der Waals surface area contributed by atoms with Crippen LogP contribution in [0, 0.1) is 0 Å². The smallest absolute Gasteiger partial charge is 0.236 e. The zero-order valence-electron chi connectivity index (χ0n) is 8.69. The average molecular weight is 236 g/mol. The Morgan fingerprint density at radius 2 is 2.13 bits per heavy atom. The van der Waals surface area contributed by atoms with Crippen molar-refractivity contribution in [2.45, 2.75) is 6.04 Å². The maximum absolute atomic E-state index is 11.6. The molecule has 1 amide bonds. The Balaban J connectivity index is 0.00000112. The number of hydrogen-bond acceptors (Lipinski definition) is 4. The van der Waals surface area contributed by atoms with Gasteiger partial charge in [0.2, 0.25) is 5.91 Å². The van der Waals surface area contributed by atoms with Gasteiger partial charge in [-0.2, -0.15) is 0 Å². The molecular weight excluding hydrogens is 218 g/mol. The summed E-state index contributed by atoms with van der Waals surface area (Å²) in [5.74, 6) is 0.150. The van der Waals surface area contributed by atoms with Crippen LogP contribution in [0.2, 0.25) is 0 Å². The second-order valence-corrected chi connectivity index (χ2v) is 3.89. The highest BCUT2D eigenvalue weighted by Gasteiger charge is 2.31. The first-order valence-corrected chi connectivity index (χ1v) is 5.14. The van der Waals surface area contributed by atoms with Crippen molar-refractivity contribution in [1.82, 2.24) is 15.1 Å². The van der Waals surface area contributed by atoms with Crippen molar-refractivity contribution in [3.8, 4) is 0 Å². The van der Waals surface area contributed by atoms with E-state index in [1.165, 1.54) is 0 Å². The standard InChI is InChI=1S/C9H17N3O2.ClH/c13-4-3-11-1-2-12(7-9(11)14)8-5-10-6-8;/h8,10,13H,1-7H2;1H. The van der Waals surface area contributed by atoms with E-state index in [-0.39, 0.29) is 24.9 Å². The van der Waals surface area contributed by atoms with Gasteiger partial charge in [0.25, 0.3) is 0 Å². The van der Waals surface area contributed by atoms with Crippen LogP contribution in [-0.2, 0) is 4.79 Å². The quantitative estimate of drug-likeness (QED) is 0.627. The highest BCUT2D eigenvalue weighted by atomic mass is 35.5. The van der Waals surface area contributed by atoms with E-state index in [2.05, 4.69) is 10.2 Å². The van der Waals surface area contributed by atoms with Crippen LogP contribution in [0.1, 0.15) is 0 Å². The van der Waals surface area contributed by atoms with E-state index in [9.17, 15) is 4.79 Å². The fourth-order valence-electron chi connectivity index (χ4n) is 1.93. The molecule has 0 unspecified atom stereocenters. The maximum atomic E-state index is 11.6. The second-order valence-electron chi connectivity index (χ2n) is 3.89. The summed E-state index contributed by atoms with van der Waals surface area (Å²) >= 11 is 0. The topological polar surface area (TPSA) is 55.8 Å². The van der Waals surface area contributed by atoms with Crippen molar-refractivity contribution >= 4 is 18.3 Å². The third-order valence-corrected chi connectivity index (χ3v) is 2.99. The molecule has 0 radical (unpaired) electrons.